The second kappa shape index (κ2) is 4.64. The Kier molecular flexibility index (Phi) is 4.57. The maximum Gasteiger partial charge on any atom is 0.478 e. The van der Waals surface area contributed by atoms with Crippen molar-refractivity contribution < 1.29 is 12.9 Å². The fourth-order valence-corrected chi connectivity index (χ4v) is 0.803. The van der Waals surface area contributed by atoms with Crippen molar-refractivity contribution in [2.24, 2.45) is 0 Å². The summed E-state index contributed by atoms with van der Waals surface area (Å²) in [4.78, 5) is 0. The molecule has 0 aromatic rings. The Labute approximate surface area is 59.9 Å². The van der Waals surface area contributed by atoms with Crippen LogP contribution in [-0.4, -0.2) is 6.98 Å². The molecule has 0 N–H and O–H groups in total. The fraction of sp³-hybridized carbons (Fsp3) is 1.00. The summed E-state index contributed by atoms with van der Waals surface area (Å²) in [5, 5.41) is 0. The Morgan fingerprint density at radius 2 is 1.60 bits per heavy atom. The molecule has 0 radical (unpaired) electrons. The van der Waals surface area contributed by atoms with Gasteiger partial charge in [0, 0.05) is 0 Å². The number of hydrogen-bond acceptors (Lipinski definition) is 0. The van der Waals surface area contributed by atoms with E-state index in [1.54, 1.807) is 0 Å². The molecule has 0 atom stereocenters. The van der Waals surface area contributed by atoms with Gasteiger partial charge in [0.05, 0.1) is 0 Å². The van der Waals surface area contributed by atoms with Crippen LogP contribution in [0, 0.1) is 0 Å². The highest BCUT2D eigenvalue weighted by molar-refractivity contribution is 6.58. The molecule has 0 aliphatic carbocycles. The minimum atomic E-state index is -4.52. The van der Waals surface area contributed by atoms with Crippen LogP contribution in [-0.2, 0) is 0 Å². The molecule has 0 saturated heterocycles. The van der Waals surface area contributed by atoms with Crippen molar-refractivity contribution in [2.75, 3.05) is 0 Å². The molecule has 0 nitrogen and oxygen atoms in total. The highest BCUT2D eigenvalue weighted by Gasteiger charge is 2.20. The Bertz CT molecular complexity index is 79.6. The largest absolute Gasteiger partial charge is 0.478 e. The first kappa shape index (κ1) is 9.85. The van der Waals surface area contributed by atoms with E-state index in [9.17, 15) is 12.9 Å². The normalized spacial score (nSPS) is 12.0. The molecule has 0 amide bonds. The number of rotatable bonds is 5. The van der Waals surface area contributed by atoms with Crippen molar-refractivity contribution in [3.05, 3.63) is 0 Å². The van der Waals surface area contributed by atoms with Gasteiger partial charge in [0.2, 0.25) is 0 Å². The van der Waals surface area contributed by atoms with Gasteiger partial charge in [-0.15, -0.1) is 0 Å². The van der Waals surface area contributed by atoms with E-state index in [-0.39, 0.29) is 0 Å². The molecule has 0 spiro atoms. The minimum absolute atomic E-state index is 0.317. The van der Waals surface area contributed by atoms with Gasteiger partial charge in [-0.25, -0.2) is 0 Å². The van der Waals surface area contributed by atoms with Gasteiger partial charge in [0.1, 0.15) is 0 Å². The van der Waals surface area contributed by atoms with Crippen LogP contribution >= 0.6 is 0 Å². The molecule has 0 fully saturated rings. The third-order valence-corrected chi connectivity index (χ3v) is 1.39. The smallest absolute Gasteiger partial charge is 0.449 e. The standard InChI is InChI=1S/C6H13BF3/c1-2-3-4-5-6-7(8,9)10/h2-6H2,1H3/q-1. The minimum Gasteiger partial charge on any atom is -0.449 e. The van der Waals surface area contributed by atoms with Crippen LogP contribution in [0.2, 0.25) is 6.32 Å². The third kappa shape index (κ3) is 7.85. The summed E-state index contributed by atoms with van der Waals surface area (Å²) in [7, 11) is 0. The Morgan fingerprint density at radius 3 is 2.00 bits per heavy atom. The second-order valence-corrected chi connectivity index (χ2v) is 2.56. The lowest BCUT2D eigenvalue weighted by molar-refractivity contribution is 0.460. The van der Waals surface area contributed by atoms with E-state index >= 15 is 0 Å². The third-order valence-electron chi connectivity index (χ3n) is 1.39. The number of halogens is 3. The van der Waals surface area contributed by atoms with Gasteiger partial charge in [-0.1, -0.05) is 38.9 Å². The molecule has 0 bridgehead atoms. The van der Waals surface area contributed by atoms with E-state index in [4.69, 9.17) is 0 Å². The Hall–Kier alpha value is -0.145. The second-order valence-electron chi connectivity index (χ2n) is 2.56. The van der Waals surface area contributed by atoms with Gasteiger partial charge in [-0.05, 0) is 0 Å². The van der Waals surface area contributed by atoms with Crippen LogP contribution in [0.3, 0.4) is 0 Å². The van der Waals surface area contributed by atoms with Crippen LogP contribution in [0.5, 0.6) is 0 Å². The molecular formula is C6H13BF3-. The highest BCUT2D eigenvalue weighted by Crippen LogP contribution is 2.18. The first-order chi connectivity index (χ1) is 4.56. The molecule has 0 rings (SSSR count). The van der Waals surface area contributed by atoms with Crippen molar-refractivity contribution in [2.45, 2.75) is 38.9 Å². The highest BCUT2D eigenvalue weighted by atomic mass is 19.4. The van der Waals surface area contributed by atoms with Crippen LogP contribution in [0.15, 0.2) is 0 Å². The molecule has 10 heavy (non-hydrogen) atoms. The van der Waals surface area contributed by atoms with Crippen LogP contribution in [0.25, 0.3) is 0 Å². The van der Waals surface area contributed by atoms with E-state index in [0.29, 0.717) is 6.42 Å². The maximum atomic E-state index is 11.5. The van der Waals surface area contributed by atoms with E-state index in [1.807, 2.05) is 6.92 Å². The summed E-state index contributed by atoms with van der Waals surface area (Å²) < 4.78 is 34.6. The van der Waals surface area contributed by atoms with Crippen LogP contribution in [0.1, 0.15) is 32.6 Å². The predicted molar refractivity (Wildman–Crippen MR) is 38.0 cm³/mol. The van der Waals surface area contributed by atoms with Gasteiger partial charge in [-0.2, -0.15) is 0 Å². The van der Waals surface area contributed by atoms with Crippen LogP contribution < -0.4 is 0 Å². The van der Waals surface area contributed by atoms with Crippen molar-refractivity contribution in [1.82, 2.24) is 0 Å². The maximum absolute atomic E-state index is 11.5. The lowest BCUT2D eigenvalue weighted by Crippen LogP contribution is -2.13. The topological polar surface area (TPSA) is 0 Å². The molecule has 0 aromatic heterocycles. The van der Waals surface area contributed by atoms with E-state index in [2.05, 4.69) is 0 Å². The summed E-state index contributed by atoms with van der Waals surface area (Å²) >= 11 is 0. The van der Waals surface area contributed by atoms with Crippen molar-refractivity contribution in [3.8, 4) is 0 Å². The Morgan fingerprint density at radius 1 is 1.00 bits per heavy atom. The SMILES string of the molecule is CCCCCC[B-](F)(F)F. The van der Waals surface area contributed by atoms with Gasteiger partial charge in [0.25, 0.3) is 0 Å². The monoisotopic (exact) mass is 153 g/mol. The summed E-state index contributed by atoms with van der Waals surface area (Å²) in [5.74, 6) is 0. The zero-order valence-corrected chi connectivity index (χ0v) is 6.25. The van der Waals surface area contributed by atoms with Crippen molar-refractivity contribution in [3.63, 3.8) is 0 Å². The average Bonchev–Trinajstić information content (AvgIpc) is 1.78. The molecular weight excluding hydrogens is 140 g/mol. The summed E-state index contributed by atoms with van der Waals surface area (Å²) in [5.41, 5.74) is 0. The zero-order valence-electron chi connectivity index (χ0n) is 6.25. The van der Waals surface area contributed by atoms with E-state index in [0.717, 1.165) is 19.3 Å². The molecule has 62 valence electrons. The average molecular weight is 153 g/mol. The summed E-state index contributed by atoms with van der Waals surface area (Å²) in [6.07, 6.45) is 2.39. The summed E-state index contributed by atoms with van der Waals surface area (Å²) in [6.45, 7) is -2.53. The quantitative estimate of drug-likeness (QED) is 0.419. The zero-order chi connectivity index (χ0) is 8.04. The molecule has 4 heteroatoms. The first-order valence-electron chi connectivity index (χ1n) is 3.77. The van der Waals surface area contributed by atoms with Gasteiger partial charge in [0.15, 0.2) is 0 Å². The van der Waals surface area contributed by atoms with Gasteiger partial charge in [-0.3, -0.25) is 0 Å². The lowest BCUT2D eigenvalue weighted by atomic mass is 9.83. The molecule has 0 unspecified atom stereocenters. The summed E-state index contributed by atoms with van der Waals surface area (Å²) in [6, 6.07) is 0. The van der Waals surface area contributed by atoms with Gasteiger partial charge < -0.3 is 12.9 Å². The number of hydrogen-bond donors (Lipinski definition) is 0. The van der Waals surface area contributed by atoms with Gasteiger partial charge >= 0.3 is 6.98 Å². The molecule has 0 aliphatic heterocycles. The lowest BCUT2D eigenvalue weighted by Gasteiger charge is -2.11. The van der Waals surface area contributed by atoms with Crippen molar-refractivity contribution in [1.29, 1.82) is 0 Å². The number of unbranched alkanes of at least 4 members (excludes halogenated alkanes) is 3. The molecule has 0 aliphatic rings. The first-order valence-corrected chi connectivity index (χ1v) is 3.77. The Balaban J connectivity index is 3.04. The predicted octanol–water partition coefficient (Wildman–Crippen LogP) is 3.41. The molecule has 0 aromatic carbocycles. The van der Waals surface area contributed by atoms with E-state index < -0.39 is 13.3 Å². The fourth-order valence-electron chi connectivity index (χ4n) is 0.803. The molecule has 0 heterocycles. The molecule has 0 saturated carbocycles. The van der Waals surface area contributed by atoms with Crippen LogP contribution in [0.4, 0.5) is 12.9 Å². The van der Waals surface area contributed by atoms with E-state index in [1.165, 1.54) is 0 Å². The van der Waals surface area contributed by atoms with Crippen molar-refractivity contribution >= 4 is 6.98 Å².